The highest BCUT2D eigenvalue weighted by atomic mass is 79.9. The Morgan fingerprint density at radius 1 is 1.50 bits per heavy atom. The predicted molar refractivity (Wildman–Crippen MR) is 71.1 cm³/mol. The molecule has 1 saturated carbocycles. The summed E-state index contributed by atoms with van der Waals surface area (Å²) in [5.41, 5.74) is 1.38. The van der Waals surface area contributed by atoms with E-state index in [2.05, 4.69) is 15.9 Å². The molecule has 0 bridgehead atoms. The second-order valence-corrected chi connectivity index (χ2v) is 6.17. The van der Waals surface area contributed by atoms with Crippen molar-refractivity contribution in [3.05, 3.63) is 27.7 Å². The molecule has 0 amide bonds. The van der Waals surface area contributed by atoms with Gasteiger partial charge in [0.25, 0.3) is 0 Å². The number of halogens is 1. The van der Waals surface area contributed by atoms with Crippen molar-refractivity contribution in [3.63, 3.8) is 0 Å². The number of hydrogen-bond donors (Lipinski definition) is 1. The maximum atomic E-state index is 11.5. The number of carbonyl (C=O) groups is 1. The molecule has 1 fully saturated rings. The van der Waals surface area contributed by atoms with Crippen LogP contribution in [0, 0.1) is 0 Å². The zero-order valence-corrected chi connectivity index (χ0v) is 11.8. The molecule has 1 aromatic rings. The van der Waals surface area contributed by atoms with Gasteiger partial charge in [-0.05, 0) is 52.9 Å². The van der Waals surface area contributed by atoms with Crippen LogP contribution in [0.5, 0.6) is 5.75 Å². The number of rotatable bonds is 2. The number of fused-ring (bicyclic) bond motifs is 1. The van der Waals surface area contributed by atoms with Gasteiger partial charge in [0.15, 0.2) is 0 Å². The van der Waals surface area contributed by atoms with Gasteiger partial charge in [-0.2, -0.15) is 0 Å². The van der Waals surface area contributed by atoms with Gasteiger partial charge in [-0.3, -0.25) is 4.79 Å². The highest BCUT2D eigenvalue weighted by Gasteiger charge is 2.46. The lowest BCUT2D eigenvalue weighted by atomic mass is 9.64. The standard InChI is InChI=1S/C14H15BrO3/c1-8-5-9-6-10(7-11(15)12(9)18-8)14(13(16)17)3-2-4-14/h6-8H,2-5H2,1H3,(H,16,17). The molecule has 0 aromatic heterocycles. The SMILES string of the molecule is CC1Cc2cc(C3(C(=O)O)CCC3)cc(Br)c2O1. The van der Waals surface area contributed by atoms with Crippen LogP contribution in [0.2, 0.25) is 0 Å². The summed E-state index contributed by atoms with van der Waals surface area (Å²) in [4.78, 5) is 11.5. The maximum Gasteiger partial charge on any atom is 0.314 e. The van der Waals surface area contributed by atoms with E-state index in [0.717, 1.165) is 47.0 Å². The molecule has 4 heteroatoms. The lowest BCUT2D eigenvalue weighted by Gasteiger charge is -2.38. The van der Waals surface area contributed by atoms with Gasteiger partial charge in [-0.1, -0.05) is 12.5 Å². The molecular formula is C14H15BrO3. The third-order valence-electron chi connectivity index (χ3n) is 4.12. The fourth-order valence-corrected chi connectivity index (χ4v) is 3.51. The van der Waals surface area contributed by atoms with Crippen LogP contribution in [0.25, 0.3) is 0 Å². The van der Waals surface area contributed by atoms with Crippen molar-refractivity contribution < 1.29 is 14.6 Å². The van der Waals surface area contributed by atoms with Crippen LogP contribution in [0.1, 0.15) is 37.3 Å². The Balaban J connectivity index is 2.07. The summed E-state index contributed by atoms with van der Waals surface area (Å²) in [7, 11) is 0. The molecule has 1 aliphatic carbocycles. The number of ether oxygens (including phenoxy) is 1. The average molecular weight is 311 g/mol. The third kappa shape index (κ3) is 1.58. The molecule has 3 nitrogen and oxygen atoms in total. The summed E-state index contributed by atoms with van der Waals surface area (Å²) in [6, 6.07) is 3.95. The number of carboxylic acid groups (broad SMARTS) is 1. The van der Waals surface area contributed by atoms with Gasteiger partial charge in [0.05, 0.1) is 9.89 Å². The van der Waals surface area contributed by atoms with E-state index in [0.29, 0.717) is 0 Å². The lowest BCUT2D eigenvalue weighted by molar-refractivity contribution is -0.147. The van der Waals surface area contributed by atoms with Crippen LogP contribution in [-0.4, -0.2) is 17.2 Å². The molecule has 96 valence electrons. The van der Waals surface area contributed by atoms with E-state index in [1.807, 2.05) is 19.1 Å². The van der Waals surface area contributed by atoms with Crippen molar-refractivity contribution in [2.75, 3.05) is 0 Å². The van der Waals surface area contributed by atoms with Crippen molar-refractivity contribution in [3.8, 4) is 5.75 Å². The molecule has 0 radical (unpaired) electrons. The predicted octanol–water partition coefficient (Wildman–Crippen LogP) is 3.28. The van der Waals surface area contributed by atoms with Crippen LogP contribution in [0.3, 0.4) is 0 Å². The Morgan fingerprint density at radius 3 is 2.78 bits per heavy atom. The smallest absolute Gasteiger partial charge is 0.314 e. The van der Waals surface area contributed by atoms with Crippen LogP contribution >= 0.6 is 15.9 Å². The van der Waals surface area contributed by atoms with Crippen molar-refractivity contribution in [1.29, 1.82) is 0 Å². The van der Waals surface area contributed by atoms with E-state index in [1.54, 1.807) is 0 Å². The second kappa shape index (κ2) is 3.98. The Kier molecular flexibility index (Phi) is 2.66. The van der Waals surface area contributed by atoms with Gasteiger partial charge in [0.1, 0.15) is 11.9 Å². The van der Waals surface area contributed by atoms with Crippen LogP contribution < -0.4 is 4.74 Å². The number of benzene rings is 1. The van der Waals surface area contributed by atoms with Gasteiger partial charge in [-0.15, -0.1) is 0 Å². The molecule has 0 saturated heterocycles. The summed E-state index contributed by atoms with van der Waals surface area (Å²) in [6.07, 6.45) is 3.51. The Bertz CT molecular complexity index is 520. The van der Waals surface area contributed by atoms with E-state index in [9.17, 15) is 9.90 Å². The zero-order chi connectivity index (χ0) is 12.9. The van der Waals surface area contributed by atoms with Gasteiger partial charge >= 0.3 is 5.97 Å². The van der Waals surface area contributed by atoms with E-state index in [1.165, 1.54) is 0 Å². The summed E-state index contributed by atoms with van der Waals surface area (Å²) >= 11 is 3.50. The first-order valence-electron chi connectivity index (χ1n) is 6.26. The molecule has 3 rings (SSSR count). The largest absolute Gasteiger partial charge is 0.489 e. The average Bonchev–Trinajstić information content (AvgIpc) is 2.56. The molecule has 0 spiro atoms. The highest BCUT2D eigenvalue weighted by Crippen LogP contribution is 2.47. The number of aliphatic carboxylic acids is 1. The molecular weight excluding hydrogens is 296 g/mol. The lowest BCUT2D eigenvalue weighted by Crippen LogP contribution is -2.42. The third-order valence-corrected chi connectivity index (χ3v) is 4.71. The molecule has 1 aliphatic heterocycles. The second-order valence-electron chi connectivity index (χ2n) is 5.32. The molecule has 1 unspecified atom stereocenters. The monoisotopic (exact) mass is 310 g/mol. The number of hydrogen-bond acceptors (Lipinski definition) is 2. The van der Waals surface area contributed by atoms with Crippen molar-refractivity contribution in [2.45, 2.75) is 44.1 Å². The Hall–Kier alpha value is -1.03. The molecule has 18 heavy (non-hydrogen) atoms. The highest BCUT2D eigenvalue weighted by molar-refractivity contribution is 9.10. The minimum atomic E-state index is -0.701. The fraction of sp³-hybridized carbons (Fsp3) is 0.500. The van der Waals surface area contributed by atoms with E-state index in [4.69, 9.17) is 4.74 Å². The first kappa shape index (κ1) is 12.0. The summed E-state index contributed by atoms with van der Waals surface area (Å²) in [6.45, 7) is 2.03. The van der Waals surface area contributed by atoms with Crippen molar-refractivity contribution in [2.24, 2.45) is 0 Å². The van der Waals surface area contributed by atoms with Crippen LogP contribution in [-0.2, 0) is 16.6 Å². The Morgan fingerprint density at radius 2 is 2.22 bits per heavy atom. The minimum absolute atomic E-state index is 0.175. The van der Waals surface area contributed by atoms with Crippen molar-refractivity contribution in [1.82, 2.24) is 0 Å². The first-order valence-corrected chi connectivity index (χ1v) is 7.05. The summed E-state index contributed by atoms with van der Waals surface area (Å²) < 4.78 is 6.60. The van der Waals surface area contributed by atoms with Crippen molar-refractivity contribution >= 4 is 21.9 Å². The zero-order valence-electron chi connectivity index (χ0n) is 10.2. The fourth-order valence-electron chi connectivity index (χ4n) is 2.92. The van der Waals surface area contributed by atoms with E-state index < -0.39 is 11.4 Å². The minimum Gasteiger partial charge on any atom is -0.489 e. The molecule has 1 aromatic carbocycles. The van der Waals surface area contributed by atoms with Gasteiger partial charge in [-0.25, -0.2) is 0 Å². The van der Waals surface area contributed by atoms with Gasteiger partial charge in [0.2, 0.25) is 0 Å². The van der Waals surface area contributed by atoms with Crippen LogP contribution in [0.4, 0.5) is 0 Å². The summed E-state index contributed by atoms with van der Waals surface area (Å²) in [5.74, 6) is 0.179. The normalized spacial score (nSPS) is 24.0. The quantitative estimate of drug-likeness (QED) is 0.912. The Labute approximate surface area is 114 Å². The topological polar surface area (TPSA) is 46.5 Å². The summed E-state index contributed by atoms with van der Waals surface area (Å²) in [5, 5.41) is 9.48. The van der Waals surface area contributed by atoms with Crippen LogP contribution in [0.15, 0.2) is 16.6 Å². The van der Waals surface area contributed by atoms with E-state index >= 15 is 0 Å². The molecule has 1 heterocycles. The van der Waals surface area contributed by atoms with E-state index in [-0.39, 0.29) is 6.10 Å². The number of carboxylic acids is 1. The van der Waals surface area contributed by atoms with Gasteiger partial charge in [0, 0.05) is 6.42 Å². The molecule has 2 aliphatic rings. The molecule has 1 N–H and O–H groups in total. The van der Waals surface area contributed by atoms with Gasteiger partial charge < -0.3 is 9.84 Å². The maximum absolute atomic E-state index is 11.5. The first-order chi connectivity index (χ1) is 8.53. The molecule has 1 atom stereocenters.